The third-order valence-electron chi connectivity index (χ3n) is 3.61. The molecule has 0 aliphatic heterocycles. The number of fused-ring (bicyclic) bond motifs is 3. The first-order valence-corrected chi connectivity index (χ1v) is 6.18. The molecule has 0 spiro atoms. The molecule has 0 bridgehead atoms. The van der Waals surface area contributed by atoms with Gasteiger partial charge >= 0.3 is 0 Å². The van der Waals surface area contributed by atoms with Gasteiger partial charge in [-0.3, -0.25) is 0 Å². The molecule has 2 heterocycles. The van der Waals surface area contributed by atoms with Crippen LogP contribution >= 0.6 is 0 Å². The fourth-order valence-electron chi connectivity index (χ4n) is 2.35. The van der Waals surface area contributed by atoms with Crippen molar-refractivity contribution in [1.29, 1.82) is 0 Å². The van der Waals surface area contributed by atoms with Crippen LogP contribution in [0.2, 0.25) is 0 Å². The van der Waals surface area contributed by atoms with Gasteiger partial charge in [0.05, 0.1) is 17.2 Å². The molecule has 0 aliphatic carbocycles. The molecule has 1 unspecified atom stereocenters. The Hall–Kier alpha value is -1.90. The molecule has 0 saturated carbocycles. The normalized spacial score (nSPS) is 15.1. The van der Waals surface area contributed by atoms with Crippen molar-refractivity contribution < 1.29 is 4.39 Å². The van der Waals surface area contributed by atoms with Crippen molar-refractivity contribution >= 4 is 16.4 Å². The van der Waals surface area contributed by atoms with Crippen molar-refractivity contribution in [3.63, 3.8) is 0 Å². The highest BCUT2D eigenvalue weighted by Crippen LogP contribution is 2.34. The van der Waals surface area contributed by atoms with Gasteiger partial charge in [0.2, 0.25) is 0 Å². The summed E-state index contributed by atoms with van der Waals surface area (Å²) in [5.74, 6) is 0. The van der Waals surface area contributed by atoms with Crippen LogP contribution in [0.3, 0.4) is 0 Å². The van der Waals surface area contributed by atoms with Crippen molar-refractivity contribution in [1.82, 2.24) is 9.61 Å². The first kappa shape index (κ1) is 11.2. The Morgan fingerprint density at radius 1 is 1.22 bits per heavy atom. The summed E-state index contributed by atoms with van der Waals surface area (Å²) in [4.78, 5) is 0. The van der Waals surface area contributed by atoms with E-state index in [1.165, 1.54) is 0 Å². The molecule has 3 rings (SSSR count). The maximum atomic E-state index is 14.7. The summed E-state index contributed by atoms with van der Waals surface area (Å²) in [7, 11) is 0. The zero-order valence-corrected chi connectivity index (χ0v) is 10.5. The van der Waals surface area contributed by atoms with Crippen LogP contribution in [0.25, 0.3) is 16.4 Å². The van der Waals surface area contributed by atoms with Gasteiger partial charge in [0, 0.05) is 10.9 Å². The third-order valence-corrected chi connectivity index (χ3v) is 3.61. The minimum atomic E-state index is -1.33. The van der Waals surface area contributed by atoms with Gasteiger partial charge in [-0.1, -0.05) is 31.2 Å². The number of para-hydroxylation sites is 1. The third kappa shape index (κ3) is 1.50. The average molecular weight is 242 g/mol. The van der Waals surface area contributed by atoms with E-state index in [1.54, 1.807) is 13.1 Å². The van der Waals surface area contributed by atoms with Crippen molar-refractivity contribution in [3.05, 3.63) is 48.2 Å². The molecular weight excluding hydrogens is 227 g/mol. The Labute approximate surface area is 105 Å². The Morgan fingerprint density at radius 2 is 2.06 bits per heavy atom. The molecule has 2 nitrogen and oxygen atoms in total. The maximum Gasteiger partial charge on any atom is 0.135 e. The van der Waals surface area contributed by atoms with Gasteiger partial charge in [-0.2, -0.15) is 5.10 Å². The Bertz CT molecular complexity index is 713. The second-order valence-electron chi connectivity index (χ2n) is 4.80. The van der Waals surface area contributed by atoms with E-state index in [0.717, 1.165) is 16.4 Å². The van der Waals surface area contributed by atoms with E-state index < -0.39 is 5.67 Å². The van der Waals surface area contributed by atoms with Crippen molar-refractivity contribution in [2.75, 3.05) is 0 Å². The van der Waals surface area contributed by atoms with Gasteiger partial charge in [0.25, 0.3) is 0 Å². The molecule has 0 saturated heterocycles. The number of nitrogens with zero attached hydrogens (tertiary/aromatic N) is 2. The lowest BCUT2D eigenvalue weighted by Crippen LogP contribution is -2.15. The summed E-state index contributed by atoms with van der Waals surface area (Å²) in [5, 5.41) is 5.32. The second-order valence-corrected chi connectivity index (χ2v) is 4.80. The molecule has 3 heteroatoms. The van der Waals surface area contributed by atoms with E-state index in [1.807, 2.05) is 47.8 Å². The van der Waals surface area contributed by atoms with Crippen LogP contribution in [0.15, 0.2) is 42.6 Å². The minimum Gasteiger partial charge on any atom is -0.239 e. The molecule has 18 heavy (non-hydrogen) atoms. The predicted molar refractivity (Wildman–Crippen MR) is 71.4 cm³/mol. The van der Waals surface area contributed by atoms with Gasteiger partial charge in [-0.25, -0.2) is 8.91 Å². The molecule has 3 aromatic rings. The van der Waals surface area contributed by atoms with Crippen LogP contribution in [0.1, 0.15) is 25.8 Å². The number of benzene rings is 1. The van der Waals surface area contributed by atoms with E-state index in [9.17, 15) is 4.39 Å². The SMILES string of the molecule is CCC(C)(F)c1cccc2ccc3ccnn3c12. The number of pyridine rings is 1. The predicted octanol–water partition coefficient (Wildman–Crippen LogP) is 4.08. The summed E-state index contributed by atoms with van der Waals surface area (Å²) in [6.07, 6.45) is 2.19. The van der Waals surface area contributed by atoms with Crippen molar-refractivity contribution in [2.45, 2.75) is 25.9 Å². The molecule has 1 atom stereocenters. The number of aromatic nitrogens is 2. The number of hydrogen-bond acceptors (Lipinski definition) is 1. The largest absolute Gasteiger partial charge is 0.239 e. The lowest BCUT2D eigenvalue weighted by molar-refractivity contribution is 0.187. The van der Waals surface area contributed by atoms with Gasteiger partial charge in [-0.05, 0) is 25.5 Å². The highest BCUT2D eigenvalue weighted by atomic mass is 19.1. The Balaban J connectivity index is 2.48. The lowest BCUT2D eigenvalue weighted by atomic mass is 9.93. The minimum absolute atomic E-state index is 0.448. The van der Waals surface area contributed by atoms with E-state index in [-0.39, 0.29) is 0 Å². The molecule has 1 aromatic carbocycles. The zero-order chi connectivity index (χ0) is 12.8. The number of halogens is 1. The molecular formula is C15H15FN2. The summed E-state index contributed by atoms with van der Waals surface area (Å²) in [6, 6.07) is 11.7. The van der Waals surface area contributed by atoms with Gasteiger partial charge < -0.3 is 0 Å². The number of hydrogen-bond donors (Lipinski definition) is 0. The summed E-state index contributed by atoms with van der Waals surface area (Å²) in [5.41, 5.74) is 1.23. The van der Waals surface area contributed by atoms with Gasteiger partial charge in [0.1, 0.15) is 5.67 Å². The molecule has 0 N–H and O–H groups in total. The summed E-state index contributed by atoms with van der Waals surface area (Å²) in [6.45, 7) is 3.49. The van der Waals surface area contributed by atoms with Crippen molar-refractivity contribution in [3.8, 4) is 0 Å². The smallest absolute Gasteiger partial charge is 0.135 e. The monoisotopic (exact) mass is 242 g/mol. The molecule has 0 aliphatic rings. The highest BCUT2D eigenvalue weighted by molar-refractivity contribution is 5.85. The standard InChI is InChI=1S/C15H15FN2/c1-3-15(2,16)13-6-4-5-11-7-8-12-9-10-17-18(12)14(11)13/h4-10H,3H2,1-2H3. The van der Waals surface area contributed by atoms with Crippen LogP contribution in [-0.4, -0.2) is 9.61 Å². The number of rotatable bonds is 2. The van der Waals surface area contributed by atoms with Gasteiger partial charge in [-0.15, -0.1) is 0 Å². The van der Waals surface area contributed by atoms with Crippen LogP contribution in [0.4, 0.5) is 4.39 Å². The summed E-state index contributed by atoms with van der Waals surface area (Å²) >= 11 is 0. The fraction of sp³-hybridized carbons (Fsp3) is 0.267. The quantitative estimate of drug-likeness (QED) is 0.661. The lowest BCUT2D eigenvalue weighted by Gasteiger charge is -2.21. The maximum absolute atomic E-state index is 14.7. The van der Waals surface area contributed by atoms with Gasteiger partial charge in [0.15, 0.2) is 0 Å². The molecule has 0 amide bonds. The van der Waals surface area contributed by atoms with E-state index >= 15 is 0 Å². The summed E-state index contributed by atoms with van der Waals surface area (Å²) < 4.78 is 16.5. The van der Waals surface area contributed by atoms with Crippen LogP contribution < -0.4 is 0 Å². The molecule has 2 aromatic heterocycles. The highest BCUT2D eigenvalue weighted by Gasteiger charge is 2.26. The van der Waals surface area contributed by atoms with Crippen LogP contribution in [-0.2, 0) is 5.67 Å². The Morgan fingerprint density at radius 3 is 2.83 bits per heavy atom. The first-order chi connectivity index (χ1) is 8.63. The molecule has 0 radical (unpaired) electrons. The van der Waals surface area contributed by atoms with Crippen LogP contribution in [0.5, 0.6) is 0 Å². The number of alkyl halides is 1. The second kappa shape index (κ2) is 3.80. The molecule has 92 valence electrons. The average Bonchev–Trinajstić information content (AvgIpc) is 2.86. The van der Waals surface area contributed by atoms with Crippen molar-refractivity contribution in [2.24, 2.45) is 0 Å². The fourth-order valence-corrected chi connectivity index (χ4v) is 2.35. The van der Waals surface area contributed by atoms with E-state index in [2.05, 4.69) is 5.10 Å². The van der Waals surface area contributed by atoms with E-state index in [4.69, 9.17) is 0 Å². The van der Waals surface area contributed by atoms with E-state index in [0.29, 0.717) is 12.0 Å². The first-order valence-electron chi connectivity index (χ1n) is 6.18. The zero-order valence-electron chi connectivity index (χ0n) is 10.5. The molecule has 0 fully saturated rings. The Kier molecular flexibility index (Phi) is 2.37. The van der Waals surface area contributed by atoms with Crippen LogP contribution in [0, 0.1) is 0 Å². The topological polar surface area (TPSA) is 17.3 Å².